The molecule has 1 nitrogen and oxygen atoms in total. The minimum absolute atomic E-state index is 0.371. The number of aromatic nitrogens is 1. The molecule has 0 saturated carbocycles. The molecule has 1 aromatic heterocycles. The van der Waals surface area contributed by atoms with Crippen molar-refractivity contribution in [2.24, 2.45) is 0 Å². The summed E-state index contributed by atoms with van der Waals surface area (Å²) in [5.41, 5.74) is -1.98. The summed E-state index contributed by atoms with van der Waals surface area (Å²) >= 11 is 0. The number of nitrogens with one attached hydrogen (secondary N) is 1. The van der Waals surface area contributed by atoms with E-state index in [1.54, 1.807) is 0 Å². The van der Waals surface area contributed by atoms with E-state index in [1.807, 2.05) is 0 Å². The molecule has 0 radical (unpaired) electrons. The summed E-state index contributed by atoms with van der Waals surface area (Å²) in [6.45, 7) is 0. The number of benzene rings is 2. The van der Waals surface area contributed by atoms with Gasteiger partial charge in [0.05, 0.1) is 5.56 Å². The Kier molecular flexibility index (Phi) is 2.93. The second-order valence-corrected chi connectivity index (χ2v) is 4.36. The van der Waals surface area contributed by atoms with Crippen molar-refractivity contribution < 1.29 is 26.3 Å². The Morgan fingerprint density at radius 2 is 1.10 bits per heavy atom. The van der Waals surface area contributed by atoms with Crippen molar-refractivity contribution in [2.45, 2.75) is 0 Å². The number of hydrogen-bond donors (Lipinski definition) is 1. The lowest BCUT2D eigenvalue weighted by Crippen LogP contribution is -2.04. The predicted molar refractivity (Wildman–Crippen MR) is 63.5 cm³/mol. The highest BCUT2D eigenvalue weighted by Crippen LogP contribution is 2.34. The van der Waals surface area contributed by atoms with Gasteiger partial charge in [0.1, 0.15) is 5.82 Å². The summed E-state index contributed by atoms with van der Waals surface area (Å²) in [5.74, 6) is -11.7. The molecule has 0 atom stereocenters. The summed E-state index contributed by atoms with van der Waals surface area (Å²) in [4.78, 5) is 2.64. The third-order valence-corrected chi connectivity index (χ3v) is 3.13. The maximum absolute atomic E-state index is 13.9. The normalized spacial score (nSPS) is 11.3. The second-order valence-electron chi connectivity index (χ2n) is 4.36. The van der Waals surface area contributed by atoms with Gasteiger partial charge in [0.25, 0.3) is 0 Å². The fourth-order valence-corrected chi connectivity index (χ4v) is 2.11. The molecule has 7 heteroatoms. The Morgan fingerprint density at radius 3 is 1.67 bits per heavy atom. The van der Waals surface area contributed by atoms with Crippen LogP contribution in [0, 0.1) is 34.9 Å². The number of fused-ring (bicyclic) bond motifs is 1. The third-order valence-electron chi connectivity index (χ3n) is 3.13. The van der Waals surface area contributed by atoms with Gasteiger partial charge in [-0.15, -0.1) is 0 Å². The molecule has 0 saturated heterocycles. The molecule has 0 bridgehead atoms. The van der Waals surface area contributed by atoms with Gasteiger partial charge in [0.2, 0.25) is 5.82 Å². The van der Waals surface area contributed by atoms with Crippen molar-refractivity contribution in [2.75, 3.05) is 0 Å². The molecule has 0 aliphatic carbocycles. The largest absolute Gasteiger partial charge is 0.366 e. The molecule has 21 heavy (non-hydrogen) atoms. The smallest absolute Gasteiger partial charge is 0.200 e. The van der Waals surface area contributed by atoms with Crippen molar-refractivity contribution in [3.8, 4) is 11.1 Å². The van der Waals surface area contributed by atoms with Crippen LogP contribution in [-0.4, -0.2) is 4.98 Å². The van der Waals surface area contributed by atoms with Gasteiger partial charge in [-0.1, -0.05) is 0 Å². The Hall–Kier alpha value is -2.44. The Balaban J connectivity index is 2.40. The molecule has 0 fully saturated rings. The summed E-state index contributed by atoms with van der Waals surface area (Å²) in [6.07, 6.45) is 2.84. The Labute approximate surface area is 113 Å². The van der Waals surface area contributed by atoms with E-state index in [-0.39, 0.29) is 0 Å². The summed E-state index contributed by atoms with van der Waals surface area (Å²) < 4.78 is 80.7. The maximum Gasteiger partial charge on any atom is 0.200 e. The number of hydrogen-bond acceptors (Lipinski definition) is 0. The number of H-pyrrole nitrogens is 1. The van der Waals surface area contributed by atoms with Gasteiger partial charge in [0, 0.05) is 23.3 Å². The minimum atomic E-state index is -2.28. The highest BCUT2D eigenvalue weighted by atomic mass is 19.2. The van der Waals surface area contributed by atoms with E-state index in [0.29, 0.717) is 10.8 Å². The van der Waals surface area contributed by atoms with E-state index in [1.165, 1.54) is 12.4 Å². The quantitative estimate of drug-likeness (QED) is 0.382. The van der Waals surface area contributed by atoms with Crippen LogP contribution in [0.1, 0.15) is 0 Å². The van der Waals surface area contributed by atoms with Crippen LogP contribution in [0.3, 0.4) is 0 Å². The zero-order valence-corrected chi connectivity index (χ0v) is 10.1. The van der Waals surface area contributed by atoms with Gasteiger partial charge in [-0.3, -0.25) is 0 Å². The van der Waals surface area contributed by atoms with Crippen LogP contribution in [0.2, 0.25) is 0 Å². The van der Waals surface area contributed by atoms with Crippen molar-refractivity contribution >= 4 is 10.8 Å². The molecule has 0 spiro atoms. The van der Waals surface area contributed by atoms with Crippen LogP contribution in [0.4, 0.5) is 26.3 Å². The van der Waals surface area contributed by atoms with Crippen LogP contribution in [-0.2, 0) is 0 Å². The number of rotatable bonds is 1. The van der Waals surface area contributed by atoms with Gasteiger partial charge in [0.15, 0.2) is 23.3 Å². The zero-order chi connectivity index (χ0) is 15.3. The van der Waals surface area contributed by atoms with Gasteiger partial charge >= 0.3 is 0 Å². The number of halogens is 6. The molecule has 2 aromatic carbocycles. The first-order valence-corrected chi connectivity index (χ1v) is 5.69. The lowest BCUT2D eigenvalue weighted by Gasteiger charge is -2.09. The third kappa shape index (κ3) is 1.88. The molecule has 0 amide bonds. The van der Waals surface area contributed by atoms with Gasteiger partial charge < -0.3 is 4.98 Å². The SMILES string of the molecule is Fc1cc2c[nH]cc2cc1-c1c(F)c(F)c(F)c(F)c1F. The first-order valence-electron chi connectivity index (χ1n) is 5.69. The highest BCUT2D eigenvalue weighted by Gasteiger charge is 2.28. The monoisotopic (exact) mass is 301 g/mol. The molecule has 1 heterocycles. The zero-order valence-electron chi connectivity index (χ0n) is 10.1. The van der Waals surface area contributed by atoms with Crippen molar-refractivity contribution in [3.05, 3.63) is 59.4 Å². The molecule has 0 aliphatic heterocycles. The molecule has 3 aromatic rings. The Morgan fingerprint density at radius 1 is 0.619 bits per heavy atom. The highest BCUT2D eigenvalue weighted by molar-refractivity contribution is 5.87. The van der Waals surface area contributed by atoms with Gasteiger partial charge in [-0.05, 0) is 17.5 Å². The molecule has 0 unspecified atom stereocenters. The van der Waals surface area contributed by atoms with E-state index in [4.69, 9.17) is 0 Å². The molecule has 1 N–H and O–H groups in total. The van der Waals surface area contributed by atoms with Gasteiger partial charge in [-0.25, -0.2) is 26.3 Å². The van der Waals surface area contributed by atoms with E-state index in [9.17, 15) is 26.3 Å². The van der Waals surface area contributed by atoms with Crippen molar-refractivity contribution in [3.63, 3.8) is 0 Å². The van der Waals surface area contributed by atoms with E-state index in [0.717, 1.165) is 12.1 Å². The lowest BCUT2D eigenvalue weighted by atomic mass is 10.0. The van der Waals surface area contributed by atoms with E-state index >= 15 is 0 Å². The molecule has 108 valence electrons. The second kappa shape index (κ2) is 4.54. The lowest BCUT2D eigenvalue weighted by molar-refractivity contribution is 0.381. The average Bonchev–Trinajstić information content (AvgIpc) is 2.90. The standard InChI is InChI=1S/C14H5F6N/c15-8-2-6-4-21-3-5(6)1-7(8)9-10(16)12(18)14(20)13(19)11(9)17/h1-4,21H. The molecule has 3 rings (SSSR count). The number of aromatic amines is 1. The minimum Gasteiger partial charge on any atom is -0.366 e. The first-order chi connectivity index (χ1) is 9.91. The van der Waals surface area contributed by atoms with E-state index in [2.05, 4.69) is 4.98 Å². The summed E-state index contributed by atoms with van der Waals surface area (Å²) in [5, 5.41) is 0.774. The van der Waals surface area contributed by atoms with Gasteiger partial charge in [-0.2, -0.15) is 0 Å². The fourth-order valence-electron chi connectivity index (χ4n) is 2.11. The molecule has 0 aliphatic rings. The average molecular weight is 301 g/mol. The molecular weight excluding hydrogens is 296 g/mol. The topological polar surface area (TPSA) is 15.8 Å². The maximum atomic E-state index is 13.9. The summed E-state index contributed by atoms with van der Waals surface area (Å²) in [7, 11) is 0. The van der Waals surface area contributed by atoms with E-state index < -0.39 is 46.0 Å². The van der Waals surface area contributed by atoms with Crippen LogP contribution in [0.5, 0.6) is 0 Å². The van der Waals surface area contributed by atoms with Crippen LogP contribution in [0.15, 0.2) is 24.5 Å². The van der Waals surface area contributed by atoms with Crippen LogP contribution < -0.4 is 0 Å². The summed E-state index contributed by atoms with van der Waals surface area (Å²) in [6, 6.07) is 1.96. The van der Waals surface area contributed by atoms with Crippen molar-refractivity contribution in [1.29, 1.82) is 0 Å². The first kappa shape index (κ1) is 13.5. The van der Waals surface area contributed by atoms with Crippen LogP contribution in [0.25, 0.3) is 21.9 Å². The molecular formula is C14H5F6N. The Bertz CT molecular complexity index is 839. The van der Waals surface area contributed by atoms with Crippen molar-refractivity contribution in [1.82, 2.24) is 4.98 Å². The van der Waals surface area contributed by atoms with Crippen LogP contribution >= 0.6 is 0 Å². The fraction of sp³-hybridized carbons (Fsp3) is 0. The predicted octanol–water partition coefficient (Wildman–Crippen LogP) is 4.67.